The largest absolute Gasteiger partial charge is 0.478 e. The van der Waals surface area contributed by atoms with Gasteiger partial charge in [0.05, 0.1) is 10.5 Å². The molecular weight excluding hydrogens is 317 g/mol. The molecule has 8 heteroatoms. The molecule has 0 aliphatic heterocycles. The molecule has 0 unspecified atom stereocenters. The number of carbonyl (C=O) groups is 1. The SMILES string of the molecule is CSC1(CNS(=O)(=O)c2ccc(F)c(C(=O)O)c2)CCC1. The average molecular weight is 333 g/mol. The number of aromatic carboxylic acids is 1. The van der Waals surface area contributed by atoms with Crippen LogP contribution < -0.4 is 4.72 Å². The molecule has 0 bridgehead atoms. The standard InChI is InChI=1S/C13H16FNO4S2/c1-20-13(5-2-6-13)8-15-21(18,19)9-3-4-11(14)10(7-9)12(16)17/h3-4,7,15H,2,5-6,8H2,1H3,(H,16,17). The molecule has 2 N–H and O–H groups in total. The molecule has 1 aliphatic carbocycles. The van der Waals surface area contributed by atoms with Gasteiger partial charge in [-0.3, -0.25) is 0 Å². The Morgan fingerprint density at radius 2 is 2.14 bits per heavy atom. The second-order valence-electron chi connectivity index (χ2n) is 5.01. The Morgan fingerprint density at radius 3 is 2.62 bits per heavy atom. The zero-order valence-electron chi connectivity index (χ0n) is 11.4. The van der Waals surface area contributed by atoms with Crippen molar-refractivity contribution in [2.24, 2.45) is 0 Å². The molecule has 0 amide bonds. The average Bonchev–Trinajstić information content (AvgIpc) is 2.37. The first-order chi connectivity index (χ1) is 9.80. The summed E-state index contributed by atoms with van der Waals surface area (Å²) in [5.41, 5.74) is -0.652. The second kappa shape index (κ2) is 5.94. The summed E-state index contributed by atoms with van der Waals surface area (Å²) in [6.07, 6.45) is 4.90. The topological polar surface area (TPSA) is 83.5 Å². The second-order valence-corrected chi connectivity index (χ2v) is 8.05. The van der Waals surface area contributed by atoms with Gasteiger partial charge in [0.25, 0.3) is 0 Å². The van der Waals surface area contributed by atoms with Crippen LogP contribution in [0.2, 0.25) is 0 Å². The Bertz CT molecular complexity index is 651. The van der Waals surface area contributed by atoms with Crippen molar-refractivity contribution in [3.8, 4) is 0 Å². The fraction of sp³-hybridized carbons (Fsp3) is 0.462. The van der Waals surface area contributed by atoms with E-state index in [2.05, 4.69) is 4.72 Å². The van der Waals surface area contributed by atoms with Crippen LogP contribution in [0.5, 0.6) is 0 Å². The van der Waals surface area contributed by atoms with Crippen LogP contribution in [0, 0.1) is 5.82 Å². The molecule has 2 rings (SSSR count). The number of thioether (sulfide) groups is 1. The first kappa shape index (κ1) is 16.3. The van der Waals surface area contributed by atoms with E-state index in [1.54, 1.807) is 11.8 Å². The van der Waals surface area contributed by atoms with Crippen molar-refractivity contribution in [2.75, 3.05) is 12.8 Å². The Kier molecular flexibility index (Phi) is 4.60. The highest BCUT2D eigenvalue weighted by Crippen LogP contribution is 2.42. The van der Waals surface area contributed by atoms with Gasteiger partial charge >= 0.3 is 5.97 Å². The lowest BCUT2D eigenvalue weighted by Gasteiger charge is -2.40. The van der Waals surface area contributed by atoms with Crippen LogP contribution in [0.1, 0.15) is 29.6 Å². The van der Waals surface area contributed by atoms with Gasteiger partial charge < -0.3 is 5.11 Å². The Balaban J connectivity index is 2.20. The minimum Gasteiger partial charge on any atom is -0.478 e. The summed E-state index contributed by atoms with van der Waals surface area (Å²) in [5.74, 6) is -2.45. The number of sulfonamides is 1. The summed E-state index contributed by atoms with van der Waals surface area (Å²) in [7, 11) is -3.85. The molecule has 1 aromatic rings. The van der Waals surface area contributed by atoms with Crippen molar-refractivity contribution in [2.45, 2.75) is 28.9 Å². The van der Waals surface area contributed by atoms with Crippen LogP contribution in [0.25, 0.3) is 0 Å². The summed E-state index contributed by atoms with van der Waals surface area (Å²) < 4.78 is 40.1. The molecule has 0 heterocycles. The quantitative estimate of drug-likeness (QED) is 0.833. The summed E-state index contributed by atoms with van der Waals surface area (Å²) in [6, 6.07) is 2.76. The lowest BCUT2D eigenvalue weighted by molar-refractivity contribution is 0.0691. The third-order valence-electron chi connectivity index (χ3n) is 3.76. The van der Waals surface area contributed by atoms with Gasteiger partial charge in [-0.2, -0.15) is 11.8 Å². The van der Waals surface area contributed by atoms with Crippen LogP contribution >= 0.6 is 11.8 Å². The highest BCUT2D eigenvalue weighted by Gasteiger charge is 2.37. The maximum absolute atomic E-state index is 13.3. The Labute approximate surface area is 127 Å². The number of benzene rings is 1. The predicted molar refractivity (Wildman–Crippen MR) is 78.6 cm³/mol. The highest BCUT2D eigenvalue weighted by molar-refractivity contribution is 8.00. The maximum Gasteiger partial charge on any atom is 0.338 e. The van der Waals surface area contributed by atoms with Crippen molar-refractivity contribution < 1.29 is 22.7 Å². The summed E-state index contributed by atoms with van der Waals surface area (Å²) >= 11 is 1.62. The third-order valence-corrected chi connectivity index (χ3v) is 6.58. The van der Waals surface area contributed by atoms with Gasteiger partial charge in [0.1, 0.15) is 5.82 Å². The maximum atomic E-state index is 13.3. The molecular formula is C13H16FNO4S2. The van der Waals surface area contributed by atoms with Gasteiger partial charge in [-0.25, -0.2) is 22.3 Å². The van der Waals surface area contributed by atoms with Crippen molar-refractivity contribution in [1.82, 2.24) is 4.72 Å². The van der Waals surface area contributed by atoms with E-state index in [1.165, 1.54) is 0 Å². The number of carboxylic acids is 1. The molecule has 0 radical (unpaired) electrons. The van der Waals surface area contributed by atoms with Crippen LogP contribution in [-0.2, 0) is 10.0 Å². The molecule has 1 aliphatic rings. The normalized spacial score (nSPS) is 17.2. The van der Waals surface area contributed by atoms with Crippen LogP contribution in [0.15, 0.2) is 23.1 Å². The molecule has 5 nitrogen and oxygen atoms in total. The van der Waals surface area contributed by atoms with E-state index in [0.717, 1.165) is 37.5 Å². The summed E-state index contributed by atoms with van der Waals surface area (Å²) in [4.78, 5) is 10.6. The van der Waals surface area contributed by atoms with Gasteiger partial charge in [-0.1, -0.05) is 6.42 Å². The van der Waals surface area contributed by atoms with E-state index < -0.39 is 27.4 Å². The lowest BCUT2D eigenvalue weighted by atomic mass is 9.84. The molecule has 0 saturated heterocycles. The summed E-state index contributed by atoms with van der Waals surface area (Å²) in [6.45, 7) is 0.288. The van der Waals surface area contributed by atoms with E-state index >= 15 is 0 Å². The molecule has 116 valence electrons. The summed E-state index contributed by atoms with van der Waals surface area (Å²) in [5, 5.41) is 8.84. The van der Waals surface area contributed by atoms with E-state index in [9.17, 15) is 17.6 Å². The highest BCUT2D eigenvalue weighted by atomic mass is 32.2. The molecule has 1 fully saturated rings. The third kappa shape index (κ3) is 3.38. The van der Waals surface area contributed by atoms with Gasteiger partial charge in [-0.05, 0) is 37.3 Å². The van der Waals surface area contributed by atoms with E-state index in [4.69, 9.17) is 5.11 Å². The van der Waals surface area contributed by atoms with Crippen LogP contribution in [-0.4, -0.2) is 37.0 Å². The molecule has 1 aromatic carbocycles. The van der Waals surface area contributed by atoms with Gasteiger partial charge in [0.2, 0.25) is 10.0 Å². The number of nitrogens with one attached hydrogen (secondary N) is 1. The van der Waals surface area contributed by atoms with E-state index in [1.807, 2.05) is 6.26 Å². The molecule has 1 saturated carbocycles. The smallest absolute Gasteiger partial charge is 0.338 e. The van der Waals surface area contributed by atoms with Crippen molar-refractivity contribution in [3.63, 3.8) is 0 Å². The fourth-order valence-corrected chi connectivity index (χ4v) is 4.33. The minimum atomic E-state index is -3.85. The number of rotatable bonds is 6. The van der Waals surface area contributed by atoms with Crippen molar-refractivity contribution in [3.05, 3.63) is 29.6 Å². The first-order valence-corrected chi connectivity index (χ1v) is 9.08. The zero-order chi connectivity index (χ0) is 15.7. The molecule has 0 aromatic heterocycles. The van der Waals surface area contributed by atoms with Crippen LogP contribution in [0.3, 0.4) is 0 Å². The van der Waals surface area contributed by atoms with Gasteiger partial charge in [0, 0.05) is 11.3 Å². The van der Waals surface area contributed by atoms with Gasteiger partial charge in [-0.15, -0.1) is 0 Å². The predicted octanol–water partition coefficient (Wildman–Crippen LogP) is 2.09. The molecule has 0 spiro atoms. The molecule has 0 atom stereocenters. The van der Waals surface area contributed by atoms with Crippen LogP contribution in [0.4, 0.5) is 4.39 Å². The number of hydrogen-bond acceptors (Lipinski definition) is 4. The van der Waals surface area contributed by atoms with Crippen molar-refractivity contribution >= 4 is 27.8 Å². The number of carboxylic acid groups (broad SMARTS) is 1. The minimum absolute atomic E-state index is 0.0806. The Morgan fingerprint density at radius 1 is 1.48 bits per heavy atom. The number of hydrogen-bond donors (Lipinski definition) is 2. The monoisotopic (exact) mass is 333 g/mol. The zero-order valence-corrected chi connectivity index (χ0v) is 13.1. The van der Waals surface area contributed by atoms with Crippen molar-refractivity contribution in [1.29, 1.82) is 0 Å². The van der Waals surface area contributed by atoms with E-state index in [0.29, 0.717) is 0 Å². The fourth-order valence-electron chi connectivity index (χ4n) is 2.17. The van der Waals surface area contributed by atoms with Gasteiger partial charge in [0.15, 0.2) is 0 Å². The lowest BCUT2D eigenvalue weighted by Crippen LogP contribution is -2.45. The Hall–Kier alpha value is -1.12. The first-order valence-electron chi connectivity index (χ1n) is 6.37. The van der Waals surface area contributed by atoms with E-state index in [-0.39, 0.29) is 16.2 Å². The molecule has 21 heavy (non-hydrogen) atoms. The number of halogens is 1.